The van der Waals surface area contributed by atoms with Gasteiger partial charge in [0.25, 0.3) is 5.91 Å². The lowest BCUT2D eigenvalue weighted by Gasteiger charge is -2.29. The van der Waals surface area contributed by atoms with Crippen LogP contribution in [0.2, 0.25) is 0 Å². The predicted molar refractivity (Wildman–Crippen MR) is 120 cm³/mol. The Morgan fingerprint density at radius 1 is 1.00 bits per heavy atom. The highest BCUT2D eigenvalue weighted by molar-refractivity contribution is 7.80. The summed E-state index contributed by atoms with van der Waals surface area (Å²) in [5.74, 6) is 0.684. The molecular formula is C24H22N2O3S. The molecule has 6 heteroatoms. The van der Waals surface area contributed by atoms with Gasteiger partial charge in [0, 0.05) is 6.54 Å². The molecule has 0 aliphatic carbocycles. The van der Waals surface area contributed by atoms with E-state index in [0.717, 1.165) is 22.4 Å². The van der Waals surface area contributed by atoms with Gasteiger partial charge in [-0.25, -0.2) is 0 Å². The van der Waals surface area contributed by atoms with Crippen molar-refractivity contribution in [1.82, 2.24) is 10.2 Å². The number of benzene rings is 3. The van der Waals surface area contributed by atoms with Crippen LogP contribution >= 0.6 is 12.2 Å². The first-order valence-corrected chi connectivity index (χ1v) is 10.1. The summed E-state index contributed by atoms with van der Waals surface area (Å²) in [5, 5.41) is 13.7. The third kappa shape index (κ3) is 3.19. The van der Waals surface area contributed by atoms with Crippen LogP contribution in [-0.4, -0.2) is 34.7 Å². The van der Waals surface area contributed by atoms with Gasteiger partial charge in [-0.05, 0) is 71.7 Å². The Bertz CT molecular complexity index is 1130. The molecule has 5 nitrogen and oxygen atoms in total. The average molecular weight is 419 g/mol. The van der Waals surface area contributed by atoms with Crippen LogP contribution in [0.15, 0.2) is 72.8 Å². The Morgan fingerprint density at radius 3 is 2.27 bits per heavy atom. The highest BCUT2D eigenvalue weighted by Crippen LogP contribution is 2.39. The number of ether oxygens (including phenoxy) is 1. The Hall–Kier alpha value is -3.38. The largest absolute Gasteiger partial charge is 0.508 e. The number of carbonyl (C=O) groups excluding carboxylic acids is 1. The summed E-state index contributed by atoms with van der Waals surface area (Å²) in [6.07, 6.45) is 0. The minimum absolute atomic E-state index is 0.0892. The monoisotopic (exact) mass is 418 g/mol. The lowest BCUT2D eigenvalue weighted by atomic mass is 9.81. The molecule has 0 aromatic heterocycles. The molecule has 1 aliphatic rings. The number of methoxy groups -OCH3 is 1. The fourth-order valence-electron chi connectivity index (χ4n) is 3.89. The van der Waals surface area contributed by atoms with E-state index in [1.807, 2.05) is 61.5 Å². The van der Waals surface area contributed by atoms with E-state index in [0.29, 0.717) is 17.2 Å². The molecule has 30 heavy (non-hydrogen) atoms. The van der Waals surface area contributed by atoms with E-state index in [-0.39, 0.29) is 11.7 Å². The third-order valence-electron chi connectivity index (χ3n) is 5.40. The van der Waals surface area contributed by atoms with Crippen LogP contribution in [0.25, 0.3) is 11.1 Å². The molecule has 0 radical (unpaired) electrons. The average Bonchev–Trinajstić information content (AvgIpc) is 3.04. The zero-order valence-electron chi connectivity index (χ0n) is 16.8. The van der Waals surface area contributed by atoms with Crippen molar-refractivity contribution in [2.45, 2.75) is 12.5 Å². The maximum absolute atomic E-state index is 13.6. The van der Waals surface area contributed by atoms with Gasteiger partial charge >= 0.3 is 0 Å². The van der Waals surface area contributed by atoms with Crippen LogP contribution in [0.1, 0.15) is 18.1 Å². The zero-order chi connectivity index (χ0) is 21.3. The molecule has 2 N–H and O–H groups in total. The molecular weight excluding hydrogens is 396 g/mol. The Labute approximate surface area is 180 Å². The fraction of sp³-hybridized carbons (Fsp3) is 0.167. The maximum Gasteiger partial charge on any atom is 0.263 e. The van der Waals surface area contributed by atoms with Crippen molar-refractivity contribution >= 4 is 23.2 Å². The predicted octanol–water partition coefficient (Wildman–Crippen LogP) is 4.05. The van der Waals surface area contributed by atoms with Crippen LogP contribution in [0.4, 0.5) is 0 Å². The van der Waals surface area contributed by atoms with Gasteiger partial charge < -0.3 is 15.2 Å². The molecule has 0 saturated carbocycles. The number of aromatic hydroxyl groups is 1. The number of phenols is 1. The molecule has 1 heterocycles. The number of carbonyl (C=O) groups is 1. The van der Waals surface area contributed by atoms with Crippen LogP contribution < -0.4 is 10.1 Å². The van der Waals surface area contributed by atoms with E-state index in [1.165, 1.54) is 0 Å². The number of nitrogens with one attached hydrogen (secondary N) is 1. The maximum atomic E-state index is 13.6. The summed E-state index contributed by atoms with van der Waals surface area (Å²) in [6, 6.07) is 22.3. The van der Waals surface area contributed by atoms with Gasteiger partial charge in [-0.3, -0.25) is 9.69 Å². The van der Waals surface area contributed by atoms with E-state index in [4.69, 9.17) is 17.0 Å². The van der Waals surface area contributed by atoms with E-state index in [2.05, 4.69) is 5.32 Å². The fourth-order valence-corrected chi connectivity index (χ4v) is 4.26. The molecule has 152 valence electrons. The minimum Gasteiger partial charge on any atom is -0.508 e. The molecule has 3 aromatic rings. The standard InChI is InChI=1S/C24H22N2O3S/c1-3-26-22(28)24(25-23(26)30,19-10-6-11-20(27)15-19)18-9-4-7-16(13-18)17-8-5-12-21(14-17)29-2/h4-15,27H,3H2,1-2H3,(H,25,30). The van der Waals surface area contributed by atoms with Crippen molar-refractivity contribution in [3.8, 4) is 22.6 Å². The van der Waals surface area contributed by atoms with Gasteiger partial charge in [-0.15, -0.1) is 0 Å². The van der Waals surface area contributed by atoms with Gasteiger partial charge in [-0.1, -0.05) is 42.5 Å². The van der Waals surface area contributed by atoms with Crippen LogP contribution in [0, 0.1) is 0 Å². The van der Waals surface area contributed by atoms with E-state index in [9.17, 15) is 9.90 Å². The molecule has 1 fully saturated rings. The summed E-state index contributed by atoms with van der Waals surface area (Å²) >= 11 is 5.47. The first-order chi connectivity index (χ1) is 14.5. The SMILES string of the molecule is CCN1C(=O)C(c2cccc(O)c2)(c2cccc(-c3cccc(OC)c3)c2)NC1=S. The molecule has 1 amide bonds. The van der Waals surface area contributed by atoms with Gasteiger partial charge in [0.15, 0.2) is 10.7 Å². The van der Waals surface area contributed by atoms with E-state index >= 15 is 0 Å². The van der Waals surface area contributed by atoms with Gasteiger partial charge in [-0.2, -0.15) is 0 Å². The normalized spacial score (nSPS) is 18.4. The van der Waals surface area contributed by atoms with Crippen molar-refractivity contribution in [2.24, 2.45) is 0 Å². The second-order valence-electron chi connectivity index (χ2n) is 7.09. The summed E-state index contributed by atoms with van der Waals surface area (Å²) in [6.45, 7) is 2.35. The van der Waals surface area contributed by atoms with Gasteiger partial charge in [0.1, 0.15) is 11.5 Å². The summed E-state index contributed by atoms with van der Waals surface area (Å²) in [5.41, 5.74) is 2.09. The minimum atomic E-state index is -1.21. The van der Waals surface area contributed by atoms with Crippen molar-refractivity contribution in [3.63, 3.8) is 0 Å². The number of thiocarbonyl (C=S) groups is 1. The number of rotatable bonds is 5. The van der Waals surface area contributed by atoms with Crippen molar-refractivity contribution in [3.05, 3.63) is 83.9 Å². The summed E-state index contributed by atoms with van der Waals surface area (Å²) in [7, 11) is 1.63. The molecule has 1 unspecified atom stereocenters. The van der Waals surface area contributed by atoms with Crippen LogP contribution in [0.5, 0.6) is 11.5 Å². The number of nitrogens with zero attached hydrogens (tertiary/aromatic N) is 1. The number of hydrogen-bond acceptors (Lipinski definition) is 4. The zero-order valence-corrected chi connectivity index (χ0v) is 17.6. The molecule has 3 aromatic carbocycles. The van der Waals surface area contributed by atoms with Crippen molar-refractivity contribution in [2.75, 3.05) is 13.7 Å². The van der Waals surface area contributed by atoms with Gasteiger partial charge in [0.2, 0.25) is 0 Å². The molecule has 1 saturated heterocycles. The lowest BCUT2D eigenvalue weighted by Crippen LogP contribution is -2.45. The Morgan fingerprint density at radius 2 is 1.63 bits per heavy atom. The number of phenolic OH excluding ortho intramolecular Hbond substituents is 1. The molecule has 1 aliphatic heterocycles. The third-order valence-corrected chi connectivity index (χ3v) is 5.72. The quantitative estimate of drug-likeness (QED) is 0.612. The first kappa shape index (κ1) is 19.9. The topological polar surface area (TPSA) is 61.8 Å². The molecule has 1 atom stereocenters. The molecule has 4 rings (SSSR count). The number of hydrogen-bond donors (Lipinski definition) is 2. The van der Waals surface area contributed by atoms with E-state index < -0.39 is 5.54 Å². The van der Waals surface area contributed by atoms with E-state index in [1.54, 1.807) is 30.2 Å². The highest BCUT2D eigenvalue weighted by atomic mass is 32.1. The Kier molecular flexibility index (Phi) is 5.18. The number of amides is 1. The van der Waals surface area contributed by atoms with Crippen molar-refractivity contribution < 1.29 is 14.6 Å². The van der Waals surface area contributed by atoms with Crippen LogP contribution in [0.3, 0.4) is 0 Å². The van der Waals surface area contributed by atoms with Crippen LogP contribution in [-0.2, 0) is 10.3 Å². The lowest BCUT2D eigenvalue weighted by molar-refractivity contribution is -0.129. The Balaban J connectivity index is 1.91. The van der Waals surface area contributed by atoms with Gasteiger partial charge in [0.05, 0.1) is 7.11 Å². The number of likely N-dealkylation sites (N-methyl/N-ethyl adjacent to an activating group) is 1. The molecule has 0 bridgehead atoms. The second-order valence-corrected chi connectivity index (χ2v) is 7.48. The summed E-state index contributed by atoms with van der Waals surface area (Å²) in [4.78, 5) is 15.2. The van der Waals surface area contributed by atoms with Crippen molar-refractivity contribution in [1.29, 1.82) is 0 Å². The first-order valence-electron chi connectivity index (χ1n) is 9.68. The summed E-state index contributed by atoms with van der Waals surface area (Å²) < 4.78 is 5.35. The molecule has 0 spiro atoms. The smallest absolute Gasteiger partial charge is 0.263 e. The second kappa shape index (κ2) is 7.80. The highest BCUT2D eigenvalue weighted by Gasteiger charge is 2.51.